The van der Waals surface area contributed by atoms with Gasteiger partial charge in [-0.2, -0.15) is 4.99 Å². The van der Waals surface area contributed by atoms with E-state index in [4.69, 9.17) is 0 Å². The second kappa shape index (κ2) is 4.58. The summed E-state index contributed by atoms with van der Waals surface area (Å²) in [5.74, 6) is 0. The minimum atomic E-state index is -3.08. The Hall–Kier alpha value is -1.61. The number of alkyl halides is 3. The van der Waals surface area contributed by atoms with Crippen molar-refractivity contribution in [3.05, 3.63) is 29.8 Å². The van der Waals surface area contributed by atoms with Gasteiger partial charge in [-0.05, 0) is 17.7 Å². The molecule has 0 aliphatic heterocycles. The molecule has 0 aromatic heterocycles. The maximum atomic E-state index is 12.8. The summed E-state index contributed by atoms with van der Waals surface area (Å²) in [7, 11) is 0. The molecule has 5 heteroatoms. The molecule has 0 saturated heterocycles. The fraction of sp³-hybridized carbons (Fsp3) is 0.222. The Morgan fingerprint density at radius 3 is 2.57 bits per heavy atom. The molecule has 2 nitrogen and oxygen atoms in total. The second-order valence-corrected chi connectivity index (χ2v) is 2.53. The number of hydrogen-bond donors (Lipinski definition) is 0. The van der Waals surface area contributed by atoms with Gasteiger partial charge in [0.15, 0.2) is 6.17 Å². The van der Waals surface area contributed by atoms with Gasteiger partial charge >= 0.3 is 0 Å². The monoisotopic (exact) mass is 201 g/mol. The number of hydrogen-bond acceptors (Lipinski definition) is 2. The van der Waals surface area contributed by atoms with E-state index in [-0.39, 0.29) is 11.3 Å². The Labute approximate surface area is 78.1 Å². The van der Waals surface area contributed by atoms with Crippen LogP contribution in [-0.4, -0.2) is 12.5 Å². The highest BCUT2D eigenvalue weighted by Crippen LogP contribution is 2.27. The van der Waals surface area contributed by atoms with Crippen molar-refractivity contribution in [2.24, 2.45) is 4.99 Å². The maximum absolute atomic E-state index is 12.8. The number of isocyanates is 1. The standard InChI is InChI=1S/C9H6F3NO/c10-8(9(11)12)6-2-1-3-7(4-6)13-5-14/h1-4,8-9H. The van der Waals surface area contributed by atoms with E-state index in [0.29, 0.717) is 0 Å². The molecule has 0 bridgehead atoms. The fourth-order valence-corrected chi connectivity index (χ4v) is 0.964. The lowest BCUT2D eigenvalue weighted by Crippen LogP contribution is -2.02. The molecule has 74 valence electrons. The predicted octanol–water partition coefficient (Wildman–Crippen LogP) is 2.93. The molecular formula is C9H6F3NO. The molecule has 1 atom stereocenters. The molecule has 0 fully saturated rings. The van der Waals surface area contributed by atoms with Crippen molar-refractivity contribution in [3.63, 3.8) is 0 Å². The van der Waals surface area contributed by atoms with Gasteiger partial charge in [0.1, 0.15) is 0 Å². The highest BCUT2D eigenvalue weighted by Gasteiger charge is 2.21. The van der Waals surface area contributed by atoms with Crippen molar-refractivity contribution in [3.8, 4) is 0 Å². The lowest BCUT2D eigenvalue weighted by atomic mass is 10.1. The van der Waals surface area contributed by atoms with E-state index < -0.39 is 12.6 Å². The molecule has 1 aromatic carbocycles. The number of aliphatic imine (C=N–C) groups is 1. The summed E-state index contributed by atoms with van der Waals surface area (Å²) >= 11 is 0. The van der Waals surface area contributed by atoms with Gasteiger partial charge in [0, 0.05) is 0 Å². The van der Waals surface area contributed by atoms with Crippen molar-refractivity contribution < 1.29 is 18.0 Å². The van der Waals surface area contributed by atoms with E-state index in [9.17, 15) is 18.0 Å². The van der Waals surface area contributed by atoms with Crippen molar-refractivity contribution in [1.82, 2.24) is 0 Å². The Morgan fingerprint density at radius 1 is 1.29 bits per heavy atom. The van der Waals surface area contributed by atoms with Crippen LogP contribution in [-0.2, 0) is 4.79 Å². The zero-order valence-corrected chi connectivity index (χ0v) is 6.95. The molecule has 0 radical (unpaired) electrons. The quantitative estimate of drug-likeness (QED) is 0.546. The van der Waals surface area contributed by atoms with Gasteiger partial charge in [-0.1, -0.05) is 12.1 Å². The summed E-state index contributed by atoms with van der Waals surface area (Å²) < 4.78 is 36.7. The van der Waals surface area contributed by atoms with E-state index in [2.05, 4.69) is 4.99 Å². The molecule has 0 N–H and O–H groups in total. The highest BCUT2D eigenvalue weighted by atomic mass is 19.3. The van der Waals surface area contributed by atoms with Crippen LogP contribution in [0.1, 0.15) is 11.7 Å². The smallest absolute Gasteiger partial charge is 0.236 e. The first-order valence-electron chi connectivity index (χ1n) is 3.75. The third-order valence-corrected chi connectivity index (χ3v) is 1.58. The Bertz CT molecular complexity index is 361. The molecule has 1 unspecified atom stereocenters. The molecule has 0 amide bonds. The number of nitrogens with zero attached hydrogens (tertiary/aromatic N) is 1. The largest absolute Gasteiger partial charge is 0.273 e. The van der Waals surface area contributed by atoms with Crippen LogP contribution in [0.3, 0.4) is 0 Å². The van der Waals surface area contributed by atoms with Gasteiger partial charge in [0.25, 0.3) is 6.43 Å². The average molecular weight is 201 g/mol. The van der Waals surface area contributed by atoms with E-state index in [1.54, 1.807) is 0 Å². The molecule has 0 aliphatic rings. The fourth-order valence-electron chi connectivity index (χ4n) is 0.964. The van der Waals surface area contributed by atoms with E-state index in [1.165, 1.54) is 24.3 Å². The average Bonchev–Trinajstić information content (AvgIpc) is 2.17. The minimum absolute atomic E-state index is 0.112. The summed E-state index contributed by atoms with van der Waals surface area (Å²) in [6.45, 7) is 0. The Morgan fingerprint density at radius 2 is 2.00 bits per heavy atom. The number of rotatable bonds is 3. The summed E-state index contributed by atoms with van der Waals surface area (Å²) in [5, 5.41) is 0. The first-order valence-corrected chi connectivity index (χ1v) is 3.75. The summed E-state index contributed by atoms with van der Waals surface area (Å²) in [4.78, 5) is 13.0. The maximum Gasteiger partial charge on any atom is 0.273 e. The molecule has 0 saturated carbocycles. The molecule has 1 aromatic rings. The predicted molar refractivity (Wildman–Crippen MR) is 44.1 cm³/mol. The third-order valence-electron chi connectivity index (χ3n) is 1.58. The third kappa shape index (κ3) is 2.44. The van der Waals surface area contributed by atoms with E-state index in [1.807, 2.05) is 0 Å². The van der Waals surface area contributed by atoms with Crippen LogP contribution in [0, 0.1) is 0 Å². The lowest BCUT2D eigenvalue weighted by molar-refractivity contribution is 0.0496. The summed E-state index contributed by atoms with van der Waals surface area (Å²) in [6.07, 6.45) is -4.18. The molecule has 0 aliphatic carbocycles. The van der Waals surface area contributed by atoms with Crippen LogP contribution in [0.4, 0.5) is 18.9 Å². The Kier molecular flexibility index (Phi) is 3.42. The second-order valence-electron chi connectivity index (χ2n) is 2.53. The van der Waals surface area contributed by atoms with Crippen LogP contribution in [0.25, 0.3) is 0 Å². The zero-order chi connectivity index (χ0) is 10.6. The number of benzene rings is 1. The van der Waals surface area contributed by atoms with Gasteiger partial charge in [-0.3, -0.25) is 0 Å². The minimum Gasteiger partial charge on any atom is -0.236 e. The van der Waals surface area contributed by atoms with E-state index in [0.717, 1.165) is 6.07 Å². The molecule has 14 heavy (non-hydrogen) atoms. The van der Waals surface area contributed by atoms with E-state index >= 15 is 0 Å². The van der Waals surface area contributed by atoms with Crippen LogP contribution >= 0.6 is 0 Å². The van der Waals surface area contributed by atoms with Crippen molar-refractivity contribution in [2.75, 3.05) is 0 Å². The molecule has 1 rings (SSSR count). The van der Waals surface area contributed by atoms with Crippen LogP contribution in [0.5, 0.6) is 0 Å². The molecular weight excluding hydrogens is 195 g/mol. The van der Waals surface area contributed by atoms with Gasteiger partial charge < -0.3 is 0 Å². The van der Waals surface area contributed by atoms with Crippen molar-refractivity contribution in [2.45, 2.75) is 12.6 Å². The lowest BCUT2D eigenvalue weighted by Gasteiger charge is -2.06. The zero-order valence-electron chi connectivity index (χ0n) is 6.95. The number of halogens is 3. The first-order chi connectivity index (χ1) is 6.65. The SMILES string of the molecule is O=C=Nc1cccc(C(F)C(F)F)c1. The molecule has 0 spiro atoms. The normalized spacial score (nSPS) is 12.3. The van der Waals surface area contributed by atoms with Gasteiger partial charge in [-0.15, -0.1) is 0 Å². The van der Waals surface area contributed by atoms with Crippen LogP contribution in [0.2, 0.25) is 0 Å². The highest BCUT2D eigenvalue weighted by molar-refractivity contribution is 5.50. The first kappa shape index (κ1) is 10.5. The van der Waals surface area contributed by atoms with Crippen molar-refractivity contribution in [1.29, 1.82) is 0 Å². The van der Waals surface area contributed by atoms with Crippen molar-refractivity contribution >= 4 is 11.8 Å². The summed E-state index contributed by atoms with van der Waals surface area (Å²) in [6, 6.07) is 5.04. The van der Waals surface area contributed by atoms with Crippen LogP contribution in [0.15, 0.2) is 29.3 Å². The molecule has 0 heterocycles. The van der Waals surface area contributed by atoms with Gasteiger partial charge in [-0.25, -0.2) is 18.0 Å². The van der Waals surface area contributed by atoms with Gasteiger partial charge in [0.2, 0.25) is 6.08 Å². The van der Waals surface area contributed by atoms with Crippen LogP contribution < -0.4 is 0 Å². The Balaban J connectivity index is 2.99. The summed E-state index contributed by atoms with van der Waals surface area (Å²) in [5.41, 5.74) is -0.0858. The van der Waals surface area contributed by atoms with Gasteiger partial charge in [0.05, 0.1) is 5.69 Å². The number of carbonyl (C=O) groups excluding carboxylic acids is 1. The topological polar surface area (TPSA) is 29.4 Å².